The van der Waals surface area contributed by atoms with Gasteiger partial charge in [0.15, 0.2) is 6.29 Å². The van der Waals surface area contributed by atoms with Gasteiger partial charge < -0.3 is 9.47 Å². The van der Waals surface area contributed by atoms with Crippen LogP contribution < -0.4 is 0 Å². The predicted molar refractivity (Wildman–Crippen MR) is 140 cm³/mol. The zero-order valence-electron chi connectivity index (χ0n) is 20.6. The van der Waals surface area contributed by atoms with Crippen molar-refractivity contribution in [1.82, 2.24) is 0 Å². The fourth-order valence-corrected chi connectivity index (χ4v) is 7.56. The van der Waals surface area contributed by atoms with Crippen molar-refractivity contribution < 1.29 is 19.3 Å². The van der Waals surface area contributed by atoms with E-state index in [1.807, 2.05) is 0 Å². The van der Waals surface area contributed by atoms with Crippen molar-refractivity contribution in [1.29, 1.82) is 0 Å². The number of hydrogen-bond donors (Lipinski definition) is 0. The molecule has 2 aliphatic rings. The Morgan fingerprint density at radius 3 is 1.38 bits per heavy atom. The minimum Gasteiger partial charge on any atom is -0.353 e. The highest BCUT2D eigenvalue weighted by atomic mass is 79.9. The van der Waals surface area contributed by atoms with Crippen LogP contribution in [0.1, 0.15) is 96.8 Å². The van der Waals surface area contributed by atoms with E-state index in [2.05, 4.69) is 31.9 Å². The normalized spacial score (nSPS) is 22.6. The van der Waals surface area contributed by atoms with Crippen LogP contribution >= 0.6 is 31.9 Å². The molecule has 2 fully saturated rings. The molecule has 0 bridgehead atoms. The van der Waals surface area contributed by atoms with E-state index in [1.54, 1.807) is 6.92 Å². The minimum atomic E-state index is -0.971. The van der Waals surface area contributed by atoms with Crippen LogP contribution in [0.3, 0.4) is 0 Å². The summed E-state index contributed by atoms with van der Waals surface area (Å²) in [5.41, 5.74) is -1.94. The van der Waals surface area contributed by atoms with E-state index in [4.69, 9.17) is 9.47 Å². The van der Waals surface area contributed by atoms with Crippen molar-refractivity contribution >= 4 is 31.9 Å². The molecule has 34 heavy (non-hydrogen) atoms. The maximum absolute atomic E-state index is 12.2. The van der Waals surface area contributed by atoms with Crippen LogP contribution in [0.4, 0.5) is 0 Å². The minimum absolute atomic E-state index is 0.0744. The van der Waals surface area contributed by atoms with Crippen LogP contribution in [0.15, 0.2) is 0 Å². The Hall–Kier alpha value is -0.320. The molecule has 0 N–H and O–H groups in total. The van der Waals surface area contributed by atoms with Gasteiger partial charge in [-0.25, -0.2) is 0 Å². The van der Waals surface area contributed by atoms with Gasteiger partial charge in [-0.1, -0.05) is 70.4 Å². The number of ether oxygens (including phenoxy) is 2. The van der Waals surface area contributed by atoms with Crippen LogP contribution in [0.5, 0.6) is 0 Å². The molecular formula is C24H42Br2N2O6. The molecule has 0 aromatic rings. The van der Waals surface area contributed by atoms with Crippen molar-refractivity contribution in [2.24, 2.45) is 11.8 Å². The van der Waals surface area contributed by atoms with E-state index in [9.17, 15) is 20.2 Å². The van der Waals surface area contributed by atoms with Gasteiger partial charge in [0.2, 0.25) is 11.1 Å². The Balaban J connectivity index is 1.90. The molecule has 0 saturated heterocycles. The third kappa shape index (κ3) is 7.84. The highest BCUT2D eigenvalue weighted by Crippen LogP contribution is 2.41. The summed E-state index contributed by atoms with van der Waals surface area (Å²) in [5.74, 6) is 0.156. The van der Waals surface area contributed by atoms with Gasteiger partial charge in [-0.15, -0.1) is 0 Å². The van der Waals surface area contributed by atoms with Crippen molar-refractivity contribution in [3.8, 4) is 0 Å². The largest absolute Gasteiger partial charge is 0.353 e. The smallest absolute Gasteiger partial charge is 0.228 e. The van der Waals surface area contributed by atoms with Crippen molar-refractivity contribution in [2.75, 3.05) is 23.9 Å². The third-order valence-corrected chi connectivity index (χ3v) is 9.08. The summed E-state index contributed by atoms with van der Waals surface area (Å²) >= 11 is 6.84. The van der Waals surface area contributed by atoms with Crippen LogP contribution in [-0.2, 0) is 9.47 Å². The number of hydrogen-bond acceptors (Lipinski definition) is 6. The second-order valence-electron chi connectivity index (χ2n) is 10.1. The van der Waals surface area contributed by atoms with Gasteiger partial charge in [-0.3, -0.25) is 20.2 Å². The van der Waals surface area contributed by atoms with E-state index in [-0.39, 0.29) is 34.9 Å². The molecule has 0 spiro atoms. The topological polar surface area (TPSA) is 105 Å². The zero-order chi connectivity index (χ0) is 25.0. The summed E-state index contributed by atoms with van der Waals surface area (Å²) in [6.45, 7) is 2.27. The van der Waals surface area contributed by atoms with Crippen molar-refractivity contribution in [3.63, 3.8) is 0 Å². The first-order chi connectivity index (χ1) is 16.3. The Labute approximate surface area is 220 Å². The maximum atomic E-state index is 12.2. The molecule has 0 amide bonds. The molecule has 0 aliphatic heterocycles. The molecule has 8 nitrogen and oxygen atoms in total. The Kier molecular flexibility index (Phi) is 13.2. The molecule has 0 heterocycles. The second kappa shape index (κ2) is 15.1. The molecule has 0 aromatic heterocycles. The lowest BCUT2D eigenvalue weighted by Crippen LogP contribution is -2.48. The Bertz CT molecular complexity index is 579. The SMILES string of the molecule is CC(OCCC(CCBr)(C1CCCCC1)[N+](=O)[O-])OCCC(CCBr)(C1CCCCC1)[N+](=O)[O-]. The number of nitrogens with zero attached hydrogens (tertiary/aromatic N) is 2. The summed E-state index contributed by atoms with van der Waals surface area (Å²) in [7, 11) is 0. The van der Waals surface area contributed by atoms with Crippen molar-refractivity contribution in [3.05, 3.63) is 20.2 Å². The lowest BCUT2D eigenvalue weighted by Gasteiger charge is -2.36. The first kappa shape index (κ1) is 29.9. The lowest BCUT2D eigenvalue weighted by atomic mass is 9.72. The van der Waals surface area contributed by atoms with Gasteiger partial charge >= 0.3 is 0 Å². The van der Waals surface area contributed by atoms with E-state index < -0.39 is 17.4 Å². The standard InChI is InChI=1S/C24H42Br2N2O6/c1-20(33-18-14-23(12-16-25,27(29)30)21-8-4-2-5-9-21)34-19-15-24(13-17-26,28(31)32)22-10-6-3-7-11-22/h20-22H,2-19H2,1H3. The molecule has 2 saturated carbocycles. The van der Waals surface area contributed by atoms with Gasteiger partial charge in [0.05, 0.1) is 13.2 Å². The van der Waals surface area contributed by atoms with E-state index in [0.717, 1.165) is 64.2 Å². The molecule has 10 heteroatoms. The van der Waals surface area contributed by atoms with Gasteiger partial charge in [0.1, 0.15) is 0 Å². The second-order valence-corrected chi connectivity index (χ2v) is 11.7. The highest BCUT2D eigenvalue weighted by molar-refractivity contribution is 9.09. The van der Waals surface area contributed by atoms with Gasteiger partial charge in [0, 0.05) is 58.0 Å². The monoisotopic (exact) mass is 612 g/mol. The number of halogens is 2. The third-order valence-electron chi connectivity index (χ3n) is 8.29. The summed E-state index contributed by atoms with van der Waals surface area (Å²) in [4.78, 5) is 24.2. The maximum Gasteiger partial charge on any atom is 0.228 e. The molecule has 2 aliphatic carbocycles. The molecule has 2 atom stereocenters. The van der Waals surface area contributed by atoms with E-state index in [0.29, 0.717) is 36.3 Å². The summed E-state index contributed by atoms with van der Waals surface area (Å²) < 4.78 is 11.7. The van der Waals surface area contributed by atoms with Crippen LogP contribution in [0, 0.1) is 32.1 Å². The van der Waals surface area contributed by atoms with Gasteiger partial charge in [-0.2, -0.15) is 0 Å². The summed E-state index contributed by atoms with van der Waals surface area (Å²) in [6, 6.07) is 0. The Morgan fingerprint density at radius 1 is 0.735 bits per heavy atom. The van der Waals surface area contributed by atoms with Gasteiger partial charge in [-0.05, 0) is 32.6 Å². The van der Waals surface area contributed by atoms with Crippen LogP contribution in [0.2, 0.25) is 0 Å². The van der Waals surface area contributed by atoms with Crippen LogP contribution in [0.25, 0.3) is 0 Å². The Morgan fingerprint density at radius 2 is 1.09 bits per heavy atom. The van der Waals surface area contributed by atoms with Crippen molar-refractivity contribution in [2.45, 2.75) is 114 Å². The molecule has 0 radical (unpaired) electrons. The molecule has 198 valence electrons. The van der Waals surface area contributed by atoms with E-state index >= 15 is 0 Å². The summed E-state index contributed by atoms with van der Waals surface area (Å²) in [6.07, 6.45) is 11.3. The molecule has 2 unspecified atom stereocenters. The first-order valence-electron chi connectivity index (χ1n) is 13.0. The molecule has 2 rings (SSSR count). The average Bonchev–Trinajstić information content (AvgIpc) is 2.83. The molecular weight excluding hydrogens is 572 g/mol. The van der Waals surface area contributed by atoms with Gasteiger partial charge in [0.25, 0.3) is 0 Å². The highest BCUT2D eigenvalue weighted by Gasteiger charge is 2.50. The lowest BCUT2D eigenvalue weighted by molar-refractivity contribution is -0.585. The zero-order valence-corrected chi connectivity index (χ0v) is 23.7. The number of nitro groups is 2. The van der Waals surface area contributed by atoms with Crippen LogP contribution in [-0.4, -0.2) is 51.1 Å². The summed E-state index contributed by atoms with van der Waals surface area (Å²) in [5, 5.41) is 25.5. The van der Waals surface area contributed by atoms with E-state index in [1.165, 1.54) is 0 Å². The number of rotatable bonds is 16. The fourth-order valence-electron chi connectivity index (χ4n) is 6.19. The predicted octanol–water partition coefficient (Wildman–Crippen LogP) is 6.91. The fraction of sp³-hybridized carbons (Fsp3) is 1.00. The number of alkyl halides is 2. The first-order valence-corrected chi connectivity index (χ1v) is 15.2. The molecule has 0 aromatic carbocycles. The quantitative estimate of drug-likeness (QED) is 0.0811. The average molecular weight is 614 g/mol.